The minimum Gasteiger partial charge on any atom is -0.497 e. The number of ether oxygens (including phenoxy) is 2. The molecule has 0 unspecified atom stereocenters. The van der Waals surface area contributed by atoms with Crippen molar-refractivity contribution in [3.8, 4) is 33.8 Å². The Morgan fingerprint density at radius 3 is 2.24 bits per heavy atom. The maximum atomic E-state index is 5.97. The van der Waals surface area contributed by atoms with Gasteiger partial charge < -0.3 is 14.4 Å². The van der Waals surface area contributed by atoms with E-state index in [4.69, 9.17) is 14.5 Å². The molecule has 0 bridgehead atoms. The van der Waals surface area contributed by atoms with Gasteiger partial charge in [0.25, 0.3) is 0 Å². The van der Waals surface area contributed by atoms with Crippen LogP contribution in [0.1, 0.15) is 0 Å². The van der Waals surface area contributed by atoms with Crippen LogP contribution in [0.25, 0.3) is 27.9 Å². The highest BCUT2D eigenvalue weighted by molar-refractivity contribution is 5.78. The van der Waals surface area contributed by atoms with Crippen LogP contribution in [0.4, 0.5) is 0 Å². The molecule has 0 radical (unpaired) electrons. The zero-order valence-electron chi connectivity index (χ0n) is 19.1. The van der Waals surface area contributed by atoms with Crippen LogP contribution in [0.3, 0.4) is 0 Å². The molecule has 2 aromatic heterocycles. The van der Waals surface area contributed by atoms with Gasteiger partial charge in [-0.3, -0.25) is 4.90 Å². The second-order valence-corrected chi connectivity index (χ2v) is 8.42. The zero-order valence-corrected chi connectivity index (χ0v) is 19.1. The fourth-order valence-electron chi connectivity index (χ4n) is 4.11. The quantitative estimate of drug-likeness (QED) is 0.434. The van der Waals surface area contributed by atoms with Gasteiger partial charge >= 0.3 is 0 Å². The molecular weight excluding hydrogens is 414 g/mol. The monoisotopic (exact) mass is 443 g/mol. The van der Waals surface area contributed by atoms with E-state index in [1.807, 2.05) is 59.5 Å². The molecule has 1 saturated heterocycles. The second-order valence-electron chi connectivity index (χ2n) is 8.42. The lowest BCUT2D eigenvalue weighted by molar-refractivity contribution is 0.134. The Morgan fingerprint density at radius 2 is 1.52 bits per heavy atom. The maximum absolute atomic E-state index is 5.97. The van der Waals surface area contributed by atoms with Crippen LogP contribution in [0, 0.1) is 0 Å². The van der Waals surface area contributed by atoms with Gasteiger partial charge in [0, 0.05) is 56.2 Å². The van der Waals surface area contributed by atoms with Gasteiger partial charge in [0.2, 0.25) is 0 Å². The standard InChI is InChI=1S/C26H29N5O2/c1-29-11-13-30(14-12-29)15-16-33-24-9-3-20(4-10-24)22-17-27-26-25(18-28-31(26)19-22)21-5-7-23(32-2)8-6-21/h3-10,17-19H,11-16H2,1-2H3. The predicted molar refractivity (Wildman–Crippen MR) is 130 cm³/mol. The first-order valence-electron chi connectivity index (χ1n) is 11.3. The Balaban J connectivity index is 1.24. The van der Waals surface area contributed by atoms with E-state index in [0.29, 0.717) is 6.61 Å². The van der Waals surface area contributed by atoms with Crippen molar-refractivity contribution in [1.29, 1.82) is 0 Å². The van der Waals surface area contributed by atoms with Crippen LogP contribution in [0.5, 0.6) is 11.5 Å². The van der Waals surface area contributed by atoms with E-state index >= 15 is 0 Å². The molecule has 33 heavy (non-hydrogen) atoms. The summed E-state index contributed by atoms with van der Waals surface area (Å²) in [5, 5.41) is 4.52. The topological polar surface area (TPSA) is 55.1 Å². The van der Waals surface area contributed by atoms with Crippen molar-refractivity contribution < 1.29 is 9.47 Å². The molecule has 0 aliphatic carbocycles. The van der Waals surface area contributed by atoms with E-state index < -0.39 is 0 Å². The van der Waals surface area contributed by atoms with E-state index in [0.717, 1.165) is 72.1 Å². The Kier molecular flexibility index (Phi) is 6.24. The molecule has 0 N–H and O–H groups in total. The summed E-state index contributed by atoms with van der Waals surface area (Å²) in [5.74, 6) is 1.72. The van der Waals surface area contributed by atoms with Crippen LogP contribution in [0.15, 0.2) is 67.1 Å². The highest BCUT2D eigenvalue weighted by Gasteiger charge is 2.13. The average molecular weight is 444 g/mol. The van der Waals surface area contributed by atoms with Crippen molar-refractivity contribution in [1.82, 2.24) is 24.4 Å². The molecule has 2 aromatic carbocycles. The molecular formula is C26H29N5O2. The minimum absolute atomic E-state index is 0.706. The van der Waals surface area contributed by atoms with Gasteiger partial charge in [-0.25, -0.2) is 9.50 Å². The Hall–Kier alpha value is -3.42. The van der Waals surface area contributed by atoms with Gasteiger partial charge in [-0.2, -0.15) is 5.10 Å². The van der Waals surface area contributed by atoms with Crippen molar-refractivity contribution in [2.75, 3.05) is 53.5 Å². The lowest BCUT2D eigenvalue weighted by Crippen LogP contribution is -2.45. The summed E-state index contributed by atoms with van der Waals surface area (Å²) in [6, 6.07) is 16.1. The molecule has 7 heteroatoms. The smallest absolute Gasteiger partial charge is 0.162 e. The van der Waals surface area contributed by atoms with E-state index in [9.17, 15) is 0 Å². The molecule has 4 aromatic rings. The summed E-state index contributed by atoms with van der Waals surface area (Å²) in [5.41, 5.74) is 4.97. The zero-order chi connectivity index (χ0) is 22.6. The number of aromatic nitrogens is 3. The molecule has 5 rings (SSSR count). The van der Waals surface area contributed by atoms with Gasteiger partial charge in [-0.1, -0.05) is 24.3 Å². The first kappa shape index (κ1) is 21.4. The Morgan fingerprint density at radius 1 is 0.818 bits per heavy atom. The second kappa shape index (κ2) is 9.60. The van der Waals surface area contributed by atoms with Gasteiger partial charge in [0.1, 0.15) is 18.1 Å². The lowest BCUT2D eigenvalue weighted by Gasteiger charge is -2.32. The van der Waals surface area contributed by atoms with Crippen molar-refractivity contribution >= 4 is 5.65 Å². The third-order valence-corrected chi connectivity index (χ3v) is 6.22. The van der Waals surface area contributed by atoms with E-state index in [1.165, 1.54) is 0 Å². The number of hydrogen-bond acceptors (Lipinski definition) is 6. The summed E-state index contributed by atoms with van der Waals surface area (Å²) in [6.07, 6.45) is 5.76. The van der Waals surface area contributed by atoms with Gasteiger partial charge in [-0.05, 0) is 42.4 Å². The number of rotatable bonds is 7. The summed E-state index contributed by atoms with van der Waals surface area (Å²) in [4.78, 5) is 9.52. The van der Waals surface area contributed by atoms with Gasteiger partial charge in [-0.15, -0.1) is 0 Å². The van der Waals surface area contributed by atoms with Crippen LogP contribution >= 0.6 is 0 Å². The number of benzene rings is 2. The molecule has 0 atom stereocenters. The molecule has 1 aliphatic rings. The number of piperazine rings is 1. The molecule has 0 saturated carbocycles. The highest BCUT2D eigenvalue weighted by atomic mass is 16.5. The first-order chi connectivity index (χ1) is 16.2. The van der Waals surface area contributed by atoms with Gasteiger partial charge in [0.05, 0.1) is 13.3 Å². The Labute approximate surface area is 194 Å². The molecule has 3 heterocycles. The van der Waals surface area contributed by atoms with Crippen molar-refractivity contribution in [3.63, 3.8) is 0 Å². The minimum atomic E-state index is 0.706. The maximum Gasteiger partial charge on any atom is 0.162 e. The van der Waals surface area contributed by atoms with Crippen LogP contribution in [-0.2, 0) is 0 Å². The third kappa shape index (κ3) is 4.84. The van der Waals surface area contributed by atoms with Crippen molar-refractivity contribution in [2.24, 2.45) is 0 Å². The largest absolute Gasteiger partial charge is 0.497 e. The normalized spacial score (nSPS) is 15.1. The number of nitrogens with zero attached hydrogens (tertiary/aromatic N) is 5. The molecule has 170 valence electrons. The number of methoxy groups -OCH3 is 1. The Bertz CT molecular complexity index is 1200. The summed E-state index contributed by atoms with van der Waals surface area (Å²) in [6.45, 7) is 6.16. The van der Waals surface area contributed by atoms with Crippen LogP contribution in [-0.4, -0.2) is 77.9 Å². The van der Waals surface area contributed by atoms with E-state index in [1.54, 1.807) is 7.11 Å². The number of fused-ring (bicyclic) bond motifs is 1. The van der Waals surface area contributed by atoms with Crippen molar-refractivity contribution in [3.05, 3.63) is 67.1 Å². The molecule has 0 spiro atoms. The fourth-order valence-corrected chi connectivity index (χ4v) is 4.11. The highest BCUT2D eigenvalue weighted by Crippen LogP contribution is 2.27. The SMILES string of the molecule is COc1ccc(-c2cnn3cc(-c4ccc(OCCN5CCN(C)CC5)cc4)cnc23)cc1. The van der Waals surface area contributed by atoms with Crippen LogP contribution < -0.4 is 9.47 Å². The third-order valence-electron chi connectivity index (χ3n) is 6.22. The summed E-state index contributed by atoms with van der Waals surface area (Å²) < 4.78 is 13.0. The average Bonchev–Trinajstić information content (AvgIpc) is 3.29. The summed E-state index contributed by atoms with van der Waals surface area (Å²) in [7, 11) is 3.84. The molecule has 1 aliphatic heterocycles. The lowest BCUT2D eigenvalue weighted by atomic mass is 10.1. The van der Waals surface area contributed by atoms with Crippen LogP contribution in [0.2, 0.25) is 0 Å². The fraction of sp³-hybridized carbons (Fsp3) is 0.308. The first-order valence-corrected chi connectivity index (χ1v) is 11.3. The molecule has 7 nitrogen and oxygen atoms in total. The van der Waals surface area contributed by atoms with Gasteiger partial charge in [0.15, 0.2) is 5.65 Å². The van der Waals surface area contributed by atoms with E-state index in [2.05, 4.69) is 34.1 Å². The van der Waals surface area contributed by atoms with Crippen molar-refractivity contribution in [2.45, 2.75) is 0 Å². The molecule has 0 amide bonds. The number of hydrogen-bond donors (Lipinski definition) is 0. The molecule has 1 fully saturated rings. The van der Waals surface area contributed by atoms with E-state index in [-0.39, 0.29) is 0 Å². The number of likely N-dealkylation sites (N-methyl/N-ethyl adjacent to an activating group) is 1. The predicted octanol–water partition coefficient (Wildman–Crippen LogP) is 3.70. The summed E-state index contributed by atoms with van der Waals surface area (Å²) >= 11 is 0.